The van der Waals surface area contributed by atoms with E-state index in [4.69, 9.17) is 19.7 Å². The average molecular weight is 277 g/mol. The Morgan fingerprint density at radius 1 is 0.632 bits per heavy atom. The number of rotatable bonds is 4. The van der Waals surface area contributed by atoms with Crippen molar-refractivity contribution in [2.75, 3.05) is 52.7 Å². The van der Waals surface area contributed by atoms with Crippen LogP contribution < -0.4 is 5.32 Å². The Hall–Kier alpha value is -0.200. The molecular formula is C14H31NO4. The summed E-state index contributed by atoms with van der Waals surface area (Å²) in [6, 6.07) is 0. The molecule has 0 aromatic rings. The van der Waals surface area contributed by atoms with Crippen LogP contribution >= 0.6 is 0 Å². The quantitative estimate of drug-likeness (QED) is 0.667. The fraction of sp³-hybridized carbons (Fsp3) is 1.00. The van der Waals surface area contributed by atoms with Crippen molar-refractivity contribution in [1.29, 1.82) is 0 Å². The number of aliphatic hydroxyl groups is 2. The van der Waals surface area contributed by atoms with E-state index in [0.717, 1.165) is 26.4 Å². The SMILES string of the molecule is C1CCOCC1.C1CCOCC1.OCCNCCO. The largest absolute Gasteiger partial charge is 0.395 e. The van der Waals surface area contributed by atoms with Gasteiger partial charge in [0.2, 0.25) is 0 Å². The molecule has 2 saturated heterocycles. The first-order valence-electron chi connectivity index (χ1n) is 7.49. The maximum Gasteiger partial charge on any atom is 0.0555 e. The molecule has 2 rings (SSSR count). The zero-order valence-electron chi connectivity index (χ0n) is 12.1. The minimum atomic E-state index is 0.139. The summed E-state index contributed by atoms with van der Waals surface area (Å²) in [6.07, 6.45) is 7.86. The summed E-state index contributed by atoms with van der Waals surface area (Å²) in [5, 5.41) is 19.1. The summed E-state index contributed by atoms with van der Waals surface area (Å²) in [4.78, 5) is 0. The van der Waals surface area contributed by atoms with Gasteiger partial charge in [0.15, 0.2) is 0 Å². The van der Waals surface area contributed by atoms with Gasteiger partial charge in [-0.2, -0.15) is 0 Å². The van der Waals surface area contributed by atoms with Crippen molar-refractivity contribution in [3.63, 3.8) is 0 Å². The molecule has 2 aliphatic heterocycles. The van der Waals surface area contributed by atoms with Gasteiger partial charge in [-0.05, 0) is 38.5 Å². The molecule has 0 radical (unpaired) electrons. The third-order valence-corrected chi connectivity index (χ3v) is 2.73. The van der Waals surface area contributed by atoms with E-state index in [0.29, 0.717) is 13.1 Å². The molecule has 0 aliphatic carbocycles. The third-order valence-electron chi connectivity index (χ3n) is 2.73. The van der Waals surface area contributed by atoms with Crippen molar-refractivity contribution in [2.45, 2.75) is 38.5 Å². The highest BCUT2D eigenvalue weighted by Crippen LogP contribution is 2.02. The number of ether oxygens (including phenoxy) is 2. The van der Waals surface area contributed by atoms with E-state index in [1.165, 1.54) is 38.5 Å². The van der Waals surface area contributed by atoms with E-state index >= 15 is 0 Å². The number of nitrogens with one attached hydrogen (secondary N) is 1. The van der Waals surface area contributed by atoms with E-state index in [9.17, 15) is 0 Å². The molecule has 3 N–H and O–H groups in total. The first kappa shape index (κ1) is 18.8. The number of hydrogen-bond acceptors (Lipinski definition) is 5. The molecule has 0 atom stereocenters. The lowest BCUT2D eigenvalue weighted by Crippen LogP contribution is -2.21. The Bertz CT molecular complexity index is 111. The highest BCUT2D eigenvalue weighted by atomic mass is 16.5. The van der Waals surface area contributed by atoms with Crippen LogP contribution in [0, 0.1) is 0 Å². The van der Waals surface area contributed by atoms with Crippen molar-refractivity contribution in [1.82, 2.24) is 5.32 Å². The van der Waals surface area contributed by atoms with Gasteiger partial charge in [0.1, 0.15) is 0 Å². The van der Waals surface area contributed by atoms with Crippen LogP contribution in [0.15, 0.2) is 0 Å². The van der Waals surface area contributed by atoms with Gasteiger partial charge in [0, 0.05) is 39.5 Å². The Kier molecular flexibility index (Phi) is 17.6. The second-order valence-electron chi connectivity index (χ2n) is 4.54. The van der Waals surface area contributed by atoms with Crippen LogP contribution in [0.2, 0.25) is 0 Å². The molecule has 0 amide bonds. The van der Waals surface area contributed by atoms with E-state index in [1.54, 1.807) is 0 Å². The second-order valence-corrected chi connectivity index (χ2v) is 4.54. The van der Waals surface area contributed by atoms with Crippen LogP contribution in [0.1, 0.15) is 38.5 Å². The van der Waals surface area contributed by atoms with E-state index < -0.39 is 0 Å². The fourth-order valence-corrected chi connectivity index (χ4v) is 1.66. The molecule has 0 aromatic carbocycles. The predicted molar refractivity (Wildman–Crippen MR) is 76.4 cm³/mol. The second kappa shape index (κ2) is 17.8. The van der Waals surface area contributed by atoms with E-state index in [1.807, 2.05) is 0 Å². The van der Waals surface area contributed by atoms with Gasteiger partial charge < -0.3 is 25.0 Å². The highest BCUT2D eigenvalue weighted by molar-refractivity contribution is 4.45. The highest BCUT2D eigenvalue weighted by Gasteiger charge is 1.95. The van der Waals surface area contributed by atoms with Gasteiger partial charge in [-0.15, -0.1) is 0 Å². The lowest BCUT2D eigenvalue weighted by molar-refractivity contribution is 0.0967. The van der Waals surface area contributed by atoms with E-state index in [2.05, 4.69) is 5.32 Å². The zero-order chi connectivity index (χ0) is 14.0. The standard InChI is InChI=1S/2C5H10O.C4H11NO2/c2*1-2-4-6-5-3-1;6-3-1-5-2-4-7/h2*1-5H2;5-7H,1-4H2. The molecular weight excluding hydrogens is 246 g/mol. The van der Waals surface area contributed by atoms with Gasteiger partial charge in [0.25, 0.3) is 0 Å². The van der Waals surface area contributed by atoms with Crippen LogP contribution in [0.3, 0.4) is 0 Å². The Balaban J connectivity index is 0.000000256. The minimum Gasteiger partial charge on any atom is -0.395 e. The van der Waals surface area contributed by atoms with Crippen molar-refractivity contribution >= 4 is 0 Å². The molecule has 2 fully saturated rings. The molecule has 0 spiro atoms. The number of aliphatic hydroxyl groups excluding tert-OH is 2. The molecule has 5 nitrogen and oxygen atoms in total. The average Bonchev–Trinajstić information content (AvgIpc) is 2.53. The molecule has 0 unspecified atom stereocenters. The zero-order valence-corrected chi connectivity index (χ0v) is 12.1. The Labute approximate surface area is 117 Å². The molecule has 5 heteroatoms. The van der Waals surface area contributed by atoms with Gasteiger partial charge in [-0.25, -0.2) is 0 Å². The molecule has 0 saturated carbocycles. The third kappa shape index (κ3) is 17.8. The summed E-state index contributed by atoms with van der Waals surface area (Å²) in [5.41, 5.74) is 0. The molecule has 19 heavy (non-hydrogen) atoms. The van der Waals surface area contributed by atoms with Crippen molar-refractivity contribution in [3.8, 4) is 0 Å². The molecule has 116 valence electrons. The summed E-state index contributed by atoms with van der Waals surface area (Å²) in [7, 11) is 0. The first-order valence-corrected chi connectivity index (χ1v) is 7.49. The topological polar surface area (TPSA) is 71.0 Å². The maximum atomic E-state index is 8.15. The summed E-state index contributed by atoms with van der Waals surface area (Å²) < 4.78 is 10.1. The molecule has 2 aliphatic rings. The van der Waals surface area contributed by atoms with Crippen LogP contribution in [0.4, 0.5) is 0 Å². The van der Waals surface area contributed by atoms with Gasteiger partial charge in [-0.1, -0.05) is 0 Å². The molecule has 2 heterocycles. The van der Waals surface area contributed by atoms with Crippen LogP contribution in [0.25, 0.3) is 0 Å². The normalized spacial score (nSPS) is 18.6. The Morgan fingerprint density at radius 2 is 1.00 bits per heavy atom. The molecule has 0 aromatic heterocycles. The summed E-state index contributed by atoms with van der Waals surface area (Å²) >= 11 is 0. The van der Waals surface area contributed by atoms with Crippen molar-refractivity contribution in [3.05, 3.63) is 0 Å². The summed E-state index contributed by atoms with van der Waals surface area (Å²) in [6.45, 7) is 5.42. The fourth-order valence-electron chi connectivity index (χ4n) is 1.66. The van der Waals surface area contributed by atoms with Crippen LogP contribution in [0.5, 0.6) is 0 Å². The lowest BCUT2D eigenvalue weighted by atomic mass is 10.2. The van der Waals surface area contributed by atoms with Crippen molar-refractivity contribution in [2.24, 2.45) is 0 Å². The monoisotopic (exact) mass is 277 g/mol. The van der Waals surface area contributed by atoms with Gasteiger partial charge in [-0.3, -0.25) is 0 Å². The summed E-state index contributed by atoms with van der Waals surface area (Å²) in [5.74, 6) is 0. The van der Waals surface area contributed by atoms with Crippen LogP contribution in [-0.4, -0.2) is 62.9 Å². The van der Waals surface area contributed by atoms with Crippen molar-refractivity contribution < 1.29 is 19.7 Å². The molecule has 0 bridgehead atoms. The smallest absolute Gasteiger partial charge is 0.0555 e. The van der Waals surface area contributed by atoms with Gasteiger partial charge >= 0.3 is 0 Å². The maximum absolute atomic E-state index is 8.15. The first-order chi connectivity index (χ1) is 9.41. The van der Waals surface area contributed by atoms with Gasteiger partial charge in [0.05, 0.1) is 13.2 Å². The van der Waals surface area contributed by atoms with Crippen LogP contribution in [-0.2, 0) is 9.47 Å². The Morgan fingerprint density at radius 3 is 1.16 bits per heavy atom. The predicted octanol–water partition coefficient (Wildman–Crippen LogP) is 0.934. The lowest BCUT2D eigenvalue weighted by Gasteiger charge is -2.08. The minimum absolute atomic E-state index is 0.139. The van der Waals surface area contributed by atoms with E-state index in [-0.39, 0.29) is 13.2 Å². The number of hydrogen-bond donors (Lipinski definition) is 3.